The standard InChI is InChI=1S/C17H27N3O3/c1-5-15(13-6-8-14(23-4)9-7-13)20-17(22)19-11-10-18-16(21)12(2)3/h6-9,12,15H,5,10-11H2,1-4H3,(H,18,21)(H2,19,20,22). The van der Waals surface area contributed by atoms with E-state index in [1.54, 1.807) is 7.11 Å². The van der Waals surface area contributed by atoms with E-state index in [0.717, 1.165) is 17.7 Å². The lowest BCUT2D eigenvalue weighted by Crippen LogP contribution is -2.42. The fourth-order valence-corrected chi connectivity index (χ4v) is 2.03. The van der Waals surface area contributed by atoms with Gasteiger partial charge in [-0.1, -0.05) is 32.9 Å². The SMILES string of the molecule is CCC(NC(=O)NCCNC(=O)C(C)C)c1ccc(OC)cc1. The maximum atomic E-state index is 11.9. The number of nitrogens with one attached hydrogen (secondary N) is 3. The molecule has 0 bridgehead atoms. The minimum Gasteiger partial charge on any atom is -0.497 e. The summed E-state index contributed by atoms with van der Waals surface area (Å²) in [6.45, 7) is 6.48. The van der Waals surface area contributed by atoms with Crippen LogP contribution in [0.1, 0.15) is 38.8 Å². The molecule has 1 unspecified atom stereocenters. The molecule has 0 heterocycles. The normalized spacial score (nSPS) is 11.7. The molecule has 0 saturated carbocycles. The molecule has 0 aliphatic heterocycles. The average molecular weight is 321 g/mol. The molecule has 3 amide bonds. The second-order valence-corrected chi connectivity index (χ2v) is 5.58. The van der Waals surface area contributed by atoms with Crippen LogP contribution in [0.2, 0.25) is 0 Å². The number of carbonyl (C=O) groups is 2. The predicted octanol–water partition coefficient (Wildman–Crippen LogP) is 2.22. The first-order chi connectivity index (χ1) is 11.0. The van der Waals surface area contributed by atoms with Crippen molar-refractivity contribution < 1.29 is 14.3 Å². The molecule has 0 aromatic heterocycles. The maximum absolute atomic E-state index is 11.9. The molecule has 128 valence electrons. The highest BCUT2D eigenvalue weighted by molar-refractivity contribution is 5.78. The predicted molar refractivity (Wildman–Crippen MR) is 90.4 cm³/mol. The third kappa shape index (κ3) is 6.59. The number of methoxy groups -OCH3 is 1. The van der Waals surface area contributed by atoms with E-state index in [0.29, 0.717) is 13.1 Å². The van der Waals surface area contributed by atoms with Crippen molar-refractivity contribution in [3.8, 4) is 5.75 Å². The first-order valence-corrected chi connectivity index (χ1v) is 7.94. The van der Waals surface area contributed by atoms with Crippen LogP contribution in [0.25, 0.3) is 0 Å². The van der Waals surface area contributed by atoms with Gasteiger partial charge in [0.05, 0.1) is 13.2 Å². The lowest BCUT2D eigenvalue weighted by Gasteiger charge is -2.18. The molecule has 1 aromatic rings. The number of rotatable bonds is 8. The Hall–Kier alpha value is -2.24. The molecule has 1 rings (SSSR count). The number of hydrogen-bond donors (Lipinski definition) is 3. The fraction of sp³-hybridized carbons (Fsp3) is 0.529. The highest BCUT2D eigenvalue weighted by atomic mass is 16.5. The van der Waals surface area contributed by atoms with Crippen molar-refractivity contribution in [2.75, 3.05) is 20.2 Å². The quantitative estimate of drug-likeness (QED) is 0.642. The number of ether oxygens (including phenoxy) is 1. The van der Waals surface area contributed by atoms with Crippen molar-refractivity contribution in [1.29, 1.82) is 0 Å². The summed E-state index contributed by atoms with van der Waals surface area (Å²) in [7, 11) is 1.62. The summed E-state index contributed by atoms with van der Waals surface area (Å²) in [4.78, 5) is 23.3. The number of amides is 3. The zero-order valence-corrected chi connectivity index (χ0v) is 14.3. The van der Waals surface area contributed by atoms with E-state index in [4.69, 9.17) is 4.74 Å². The molecule has 3 N–H and O–H groups in total. The number of hydrogen-bond acceptors (Lipinski definition) is 3. The van der Waals surface area contributed by atoms with Crippen LogP contribution >= 0.6 is 0 Å². The first kappa shape index (κ1) is 18.8. The van der Waals surface area contributed by atoms with Gasteiger partial charge >= 0.3 is 6.03 Å². The number of benzene rings is 1. The largest absolute Gasteiger partial charge is 0.497 e. The van der Waals surface area contributed by atoms with Gasteiger partial charge in [-0.2, -0.15) is 0 Å². The monoisotopic (exact) mass is 321 g/mol. The van der Waals surface area contributed by atoms with E-state index < -0.39 is 0 Å². The van der Waals surface area contributed by atoms with Gasteiger partial charge in [-0.25, -0.2) is 4.79 Å². The molecule has 0 radical (unpaired) electrons. The highest BCUT2D eigenvalue weighted by Crippen LogP contribution is 2.19. The topological polar surface area (TPSA) is 79.5 Å². The van der Waals surface area contributed by atoms with Crippen LogP contribution in [0, 0.1) is 5.92 Å². The summed E-state index contributed by atoms with van der Waals surface area (Å²) >= 11 is 0. The van der Waals surface area contributed by atoms with Crippen molar-refractivity contribution >= 4 is 11.9 Å². The van der Waals surface area contributed by atoms with Gasteiger partial charge in [-0.15, -0.1) is 0 Å². The van der Waals surface area contributed by atoms with Crippen LogP contribution in [-0.2, 0) is 4.79 Å². The van der Waals surface area contributed by atoms with Crippen LogP contribution in [0.4, 0.5) is 4.79 Å². The van der Waals surface area contributed by atoms with Gasteiger partial charge in [0, 0.05) is 19.0 Å². The van der Waals surface area contributed by atoms with Gasteiger partial charge in [0.15, 0.2) is 0 Å². The van der Waals surface area contributed by atoms with Crippen molar-refractivity contribution in [2.45, 2.75) is 33.2 Å². The van der Waals surface area contributed by atoms with E-state index in [2.05, 4.69) is 16.0 Å². The molecule has 1 atom stereocenters. The van der Waals surface area contributed by atoms with Gasteiger partial charge in [0.2, 0.25) is 5.91 Å². The molecule has 23 heavy (non-hydrogen) atoms. The molecule has 0 saturated heterocycles. The highest BCUT2D eigenvalue weighted by Gasteiger charge is 2.12. The summed E-state index contributed by atoms with van der Waals surface area (Å²) in [5.41, 5.74) is 1.02. The van der Waals surface area contributed by atoms with Crippen LogP contribution < -0.4 is 20.7 Å². The molecule has 6 heteroatoms. The Morgan fingerprint density at radius 1 is 1.09 bits per heavy atom. The third-order valence-electron chi connectivity index (χ3n) is 3.47. The van der Waals surface area contributed by atoms with E-state index >= 15 is 0 Å². The molecular weight excluding hydrogens is 294 g/mol. The summed E-state index contributed by atoms with van der Waals surface area (Å²) in [6.07, 6.45) is 0.782. The summed E-state index contributed by atoms with van der Waals surface area (Å²) < 4.78 is 5.13. The Labute approximate surface area is 138 Å². The summed E-state index contributed by atoms with van der Waals surface area (Å²) in [5.74, 6) is 0.717. The molecule has 0 fully saturated rings. The van der Waals surface area contributed by atoms with Gasteiger partial charge in [-0.3, -0.25) is 4.79 Å². The Morgan fingerprint density at radius 2 is 1.70 bits per heavy atom. The van der Waals surface area contributed by atoms with E-state index in [1.807, 2.05) is 45.0 Å². The zero-order chi connectivity index (χ0) is 17.2. The molecule has 0 spiro atoms. The molecule has 0 aliphatic rings. The Bertz CT molecular complexity index is 500. The Balaban J connectivity index is 2.39. The van der Waals surface area contributed by atoms with Gasteiger partial charge in [0.1, 0.15) is 5.75 Å². The second kappa shape index (κ2) is 9.71. The first-order valence-electron chi connectivity index (χ1n) is 7.94. The van der Waals surface area contributed by atoms with Crippen LogP contribution in [0.15, 0.2) is 24.3 Å². The summed E-state index contributed by atoms with van der Waals surface area (Å²) in [5, 5.41) is 8.43. The number of carbonyl (C=O) groups excluding carboxylic acids is 2. The minimum atomic E-state index is -0.244. The fourth-order valence-electron chi connectivity index (χ4n) is 2.03. The molecule has 1 aromatic carbocycles. The average Bonchev–Trinajstić information content (AvgIpc) is 2.56. The zero-order valence-electron chi connectivity index (χ0n) is 14.3. The third-order valence-corrected chi connectivity index (χ3v) is 3.47. The molecule has 0 aliphatic carbocycles. The van der Waals surface area contributed by atoms with Gasteiger partial charge in [0.25, 0.3) is 0 Å². The van der Waals surface area contributed by atoms with Gasteiger partial charge in [-0.05, 0) is 24.1 Å². The lowest BCUT2D eigenvalue weighted by molar-refractivity contribution is -0.123. The smallest absolute Gasteiger partial charge is 0.315 e. The van der Waals surface area contributed by atoms with E-state index in [9.17, 15) is 9.59 Å². The van der Waals surface area contributed by atoms with Crippen LogP contribution in [-0.4, -0.2) is 32.1 Å². The van der Waals surface area contributed by atoms with Crippen LogP contribution in [0.5, 0.6) is 5.75 Å². The van der Waals surface area contributed by atoms with E-state index in [1.165, 1.54) is 0 Å². The van der Waals surface area contributed by atoms with Crippen LogP contribution in [0.3, 0.4) is 0 Å². The van der Waals surface area contributed by atoms with Crippen molar-refractivity contribution in [1.82, 2.24) is 16.0 Å². The summed E-state index contributed by atoms with van der Waals surface area (Å²) in [6, 6.07) is 7.32. The van der Waals surface area contributed by atoms with Gasteiger partial charge < -0.3 is 20.7 Å². The second-order valence-electron chi connectivity index (χ2n) is 5.58. The van der Waals surface area contributed by atoms with Crippen molar-refractivity contribution in [3.05, 3.63) is 29.8 Å². The Kier molecular flexibility index (Phi) is 7.94. The molecular formula is C17H27N3O3. The minimum absolute atomic E-state index is 0.0168. The van der Waals surface area contributed by atoms with E-state index in [-0.39, 0.29) is 23.9 Å². The van der Waals surface area contributed by atoms with Crippen molar-refractivity contribution in [3.63, 3.8) is 0 Å². The maximum Gasteiger partial charge on any atom is 0.315 e. The lowest BCUT2D eigenvalue weighted by atomic mass is 10.0. The molecule has 6 nitrogen and oxygen atoms in total. The number of urea groups is 1. The van der Waals surface area contributed by atoms with Crippen molar-refractivity contribution in [2.24, 2.45) is 5.92 Å². The Morgan fingerprint density at radius 3 is 2.22 bits per heavy atom.